The van der Waals surface area contributed by atoms with E-state index in [2.05, 4.69) is 11.4 Å². The molecule has 2 amide bonds. The highest BCUT2D eigenvalue weighted by Gasteiger charge is 2.25. The van der Waals surface area contributed by atoms with Crippen LogP contribution in [0.2, 0.25) is 0 Å². The van der Waals surface area contributed by atoms with E-state index in [0.29, 0.717) is 38.4 Å². The highest BCUT2D eigenvalue weighted by atomic mass is 16.5. The Morgan fingerprint density at radius 2 is 1.81 bits per heavy atom. The number of benzene rings is 2. The van der Waals surface area contributed by atoms with Crippen molar-refractivity contribution in [2.24, 2.45) is 0 Å². The molecule has 2 aromatic rings. The van der Waals surface area contributed by atoms with Crippen LogP contribution < -0.4 is 10.2 Å². The number of carbonyl (C=O) groups excluding carboxylic acids is 2. The maximum atomic E-state index is 13.0. The van der Waals surface area contributed by atoms with E-state index in [-0.39, 0.29) is 18.4 Å². The van der Waals surface area contributed by atoms with Gasteiger partial charge in [0.2, 0.25) is 5.91 Å². The molecule has 0 unspecified atom stereocenters. The van der Waals surface area contributed by atoms with E-state index in [4.69, 9.17) is 4.74 Å². The molecule has 0 radical (unpaired) electrons. The summed E-state index contributed by atoms with van der Waals surface area (Å²) in [6.45, 7) is 3.36. The molecule has 0 aliphatic carbocycles. The number of nitrogens with zero attached hydrogens (tertiary/aromatic N) is 2. The molecule has 6 heteroatoms. The molecule has 4 rings (SSSR count). The van der Waals surface area contributed by atoms with Crippen molar-refractivity contribution in [3.8, 4) is 0 Å². The summed E-state index contributed by atoms with van der Waals surface area (Å²) in [6, 6.07) is 15.4. The lowest BCUT2D eigenvalue weighted by molar-refractivity contribution is -0.133. The van der Waals surface area contributed by atoms with E-state index in [1.54, 1.807) is 4.90 Å². The van der Waals surface area contributed by atoms with Gasteiger partial charge < -0.3 is 19.9 Å². The number of hydrogen-bond acceptors (Lipinski definition) is 4. The molecule has 6 nitrogen and oxygen atoms in total. The minimum atomic E-state index is -0.0110. The minimum absolute atomic E-state index is 0.0110. The zero-order valence-electron chi connectivity index (χ0n) is 15.2. The van der Waals surface area contributed by atoms with Crippen LogP contribution in [0.5, 0.6) is 0 Å². The van der Waals surface area contributed by atoms with E-state index >= 15 is 0 Å². The monoisotopic (exact) mass is 365 g/mol. The van der Waals surface area contributed by atoms with Gasteiger partial charge in [-0.3, -0.25) is 9.59 Å². The molecular weight excluding hydrogens is 342 g/mol. The number of fused-ring (bicyclic) bond motifs is 1. The molecular formula is C21H23N3O3. The van der Waals surface area contributed by atoms with Crippen molar-refractivity contribution in [3.05, 3.63) is 59.7 Å². The molecule has 0 spiro atoms. The summed E-state index contributed by atoms with van der Waals surface area (Å²) >= 11 is 0. The van der Waals surface area contributed by atoms with Gasteiger partial charge in [0.25, 0.3) is 5.91 Å². The quantitative estimate of drug-likeness (QED) is 0.902. The number of rotatable bonds is 4. The SMILES string of the molecule is O=C(CNc1cccc(C(=O)N2CCc3ccccc32)c1)N1CCOCC1. The number of anilines is 2. The van der Waals surface area contributed by atoms with Crippen molar-refractivity contribution < 1.29 is 14.3 Å². The second kappa shape index (κ2) is 7.80. The average molecular weight is 365 g/mol. The number of amides is 2. The van der Waals surface area contributed by atoms with Crippen LogP contribution in [0.1, 0.15) is 15.9 Å². The Labute approximate surface area is 158 Å². The van der Waals surface area contributed by atoms with Gasteiger partial charge in [0.15, 0.2) is 0 Å². The third-order valence-corrected chi connectivity index (χ3v) is 5.05. The topological polar surface area (TPSA) is 61.9 Å². The van der Waals surface area contributed by atoms with Crippen molar-refractivity contribution in [2.45, 2.75) is 6.42 Å². The normalized spacial score (nSPS) is 16.1. The van der Waals surface area contributed by atoms with Crippen LogP contribution in [0.4, 0.5) is 11.4 Å². The summed E-state index contributed by atoms with van der Waals surface area (Å²) in [5.41, 5.74) is 3.59. The molecule has 27 heavy (non-hydrogen) atoms. The minimum Gasteiger partial charge on any atom is -0.378 e. The van der Waals surface area contributed by atoms with E-state index in [1.807, 2.05) is 47.4 Å². The first-order valence-corrected chi connectivity index (χ1v) is 9.31. The van der Waals surface area contributed by atoms with Crippen molar-refractivity contribution in [3.63, 3.8) is 0 Å². The maximum Gasteiger partial charge on any atom is 0.258 e. The number of para-hydroxylation sites is 1. The zero-order chi connectivity index (χ0) is 18.6. The highest BCUT2D eigenvalue weighted by molar-refractivity contribution is 6.07. The van der Waals surface area contributed by atoms with Crippen molar-refractivity contribution in [2.75, 3.05) is 49.6 Å². The van der Waals surface area contributed by atoms with E-state index in [9.17, 15) is 9.59 Å². The first-order valence-electron chi connectivity index (χ1n) is 9.31. The molecule has 2 aliphatic heterocycles. The molecule has 2 aliphatic rings. The van der Waals surface area contributed by atoms with Crippen LogP contribution >= 0.6 is 0 Å². The largest absolute Gasteiger partial charge is 0.378 e. The van der Waals surface area contributed by atoms with Gasteiger partial charge in [0.05, 0.1) is 19.8 Å². The van der Waals surface area contributed by atoms with Crippen LogP contribution in [0.15, 0.2) is 48.5 Å². The second-order valence-corrected chi connectivity index (χ2v) is 6.76. The van der Waals surface area contributed by atoms with Gasteiger partial charge in [0, 0.05) is 36.6 Å². The molecule has 1 N–H and O–H groups in total. The Hall–Kier alpha value is -2.86. The highest BCUT2D eigenvalue weighted by Crippen LogP contribution is 2.29. The van der Waals surface area contributed by atoms with E-state index in [1.165, 1.54) is 5.56 Å². The summed E-state index contributed by atoms with van der Waals surface area (Å²) in [5, 5.41) is 3.14. The molecule has 140 valence electrons. The van der Waals surface area contributed by atoms with Crippen LogP contribution in [0.3, 0.4) is 0 Å². The third kappa shape index (κ3) is 3.80. The van der Waals surface area contributed by atoms with Crippen molar-refractivity contribution in [1.29, 1.82) is 0 Å². The molecule has 0 saturated carbocycles. The lowest BCUT2D eigenvalue weighted by Gasteiger charge is -2.27. The lowest BCUT2D eigenvalue weighted by Crippen LogP contribution is -2.43. The standard InChI is InChI=1S/C21H23N3O3/c25-20(23-10-12-27-13-11-23)15-22-18-6-3-5-17(14-18)21(26)24-9-8-16-4-1-2-7-19(16)24/h1-7,14,22H,8-13,15H2. The predicted octanol–water partition coefficient (Wildman–Crippen LogP) is 2.16. The van der Waals surface area contributed by atoms with Gasteiger partial charge in [-0.2, -0.15) is 0 Å². The molecule has 0 aromatic heterocycles. The maximum absolute atomic E-state index is 13.0. The van der Waals surface area contributed by atoms with Crippen LogP contribution in [-0.4, -0.2) is 56.1 Å². The van der Waals surface area contributed by atoms with Gasteiger partial charge in [-0.05, 0) is 36.2 Å². The van der Waals surface area contributed by atoms with Crippen LogP contribution in [-0.2, 0) is 16.0 Å². The van der Waals surface area contributed by atoms with Gasteiger partial charge in [-0.25, -0.2) is 0 Å². The fraction of sp³-hybridized carbons (Fsp3) is 0.333. The average Bonchev–Trinajstić information content (AvgIpc) is 3.16. The summed E-state index contributed by atoms with van der Waals surface area (Å²) in [5.74, 6) is 0.0339. The fourth-order valence-electron chi connectivity index (χ4n) is 3.57. The van der Waals surface area contributed by atoms with Gasteiger partial charge in [-0.15, -0.1) is 0 Å². The predicted molar refractivity (Wildman–Crippen MR) is 104 cm³/mol. The van der Waals surface area contributed by atoms with Crippen LogP contribution in [0, 0.1) is 0 Å². The van der Waals surface area contributed by atoms with E-state index in [0.717, 1.165) is 17.8 Å². The molecule has 1 saturated heterocycles. The molecule has 0 bridgehead atoms. The summed E-state index contributed by atoms with van der Waals surface area (Å²) in [4.78, 5) is 28.9. The number of nitrogens with one attached hydrogen (secondary N) is 1. The smallest absolute Gasteiger partial charge is 0.258 e. The van der Waals surface area contributed by atoms with Gasteiger partial charge >= 0.3 is 0 Å². The van der Waals surface area contributed by atoms with Crippen molar-refractivity contribution in [1.82, 2.24) is 4.90 Å². The Balaban J connectivity index is 1.42. The molecule has 2 heterocycles. The van der Waals surface area contributed by atoms with Gasteiger partial charge in [0.1, 0.15) is 0 Å². The van der Waals surface area contributed by atoms with Crippen LogP contribution in [0.25, 0.3) is 0 Å². The van der Waals surface area contributed by atoms with E-state index < -0.39 is 0 Å². The number of carbonyl (C=O) groups is 2. The Morgan fingerprint density at radius 3 is 2.67 bits per heavy atom. The number of morpholine rings is 1. The molecule has 2 aromatic carbocycles. The number of hydrogen-bond donors (Lipinski definition) is 1. The third-order valence-electron chi connectivity index (χ3n) is 5.05. The lowest BCUT2D eigenvalue weighted by atomic mass is 10.1. The zero-order valence-corrected chi connectivity index (χ0v) is 15.2. The first-order chi connectivity index (χ1) is 13.2. The second-order valence-electron chi connectivity index (χ2n) is 6.76. The molecule has 0 atom stereocenters. The number of ether oxygens (including phenoxy) is 1. The Bertz CT molecular complexity index is 846. The Kier molecular flexibility index (Phi) is 5.07. The Morgan fingerprint density at radius 1 is 1.00 bits per heavy atom. The fourth-order valence-corrected chi connectivity index (χ4v) is 3.57. The summed E-state index contributed by atoms with van der Waals surface area (Å²) in [6.07, 6.45) is 0.883. The van der Waals surface area contributed by atoms with Gasteiger partial charge in [-0.1, -0.05) is 24.3 Å². The molecule has 1 fully saturated rings. The first kappa shape index (κ1) is 17.5. The summed E-state index contributed by atoms with van der Waals surface area (Å²) < 4.78 is 5.27. The summed E-state index contributed by atoms with van der Waals surface area (Å²) in [7, 11) is 0. The van der Waals surface area contributed by atoms with Crippen molar-refractivity contribution >= 4 is 23.2 Å².